The third kappa shape index (κ3) is 2.33. The average Bonchev–Trinajstić information content (AvgIpc) is 2.60. The summed E-state index contributed by atoms with van der Waals surface area (Å²) in [4.78, 5) is 9.42. The van der Waals surface area contributed by atoms with Gasteiger partial charge in [-0.25, -0.2) is 9.97 Å². The number of rotatable bonds is 1. The lowest BCUT2D eigenvalue weighted by Crippen LogP contribution is -1.92. The topological polar surface area (TPSA) is 25.8 Å². The lowest BCUT2D eigenvalue weighted by atomic mass is 10.4. The largest absolute Gasteiger partial charge is 0.231 e. The molecule has 2 aromatic heterocycles. The lowest BCUT2D eigenvalue weighted by molar-refractivity contribution is 1.10. The number of hydrogen-bond acceptors (Lipinski definition) is 3. The highest BCUT2D eigenvalue weighted by molar-refractivity contribution is 9.10. The Bertz CT molecular complexity index is 490. The summed E-state index contributed by atoms with van der Waals surface area (Å²) in [7, 11) is 0. The summed E-state index contributed by atoms with van der Waals surface area (Å²) in [5.41, 5.74) is 0.814. The predicted molar refractivity (Wildman–Crippen MR) is 67.8 cm³/mol. The molecule has 0 fully saturated rings. The molecule has 78 valence electrons. The Kier molecular flexibility index (Phi) is 3.30. The summed E-state index contributed by atoms with van der Waals surface area (Å²) in [6.07, 6.45) is 0. The van der Waals surface area contributed by atoms with E-state index in [2.05, 4.69) is 25.9 Å². The lowest BCUT2D eigenvalue weighted by Gasteiger charge is -2.02. The molecule has 2 heterocycles. The van der Waals surface area contributed by atoms with Gasteiger partial charge in [0.05, 0.1) is 20.1 Å². The van der Waals surface area contributed by atoms with Crippen LogP contribution >= 0.6 is 50.5 Å². The van der Waals surface area contributed by atoms with E-state index in [1.54, 1.807) is 0 Å². The Morgan fingerprint density at radius 1 is 1.33 bits per heavy atom. The van der Waals surface area contributed by atoms with Crippen LogP contribution in [0, 0.1) is 6.92 Å². The number of hydrogen-bond donors (Lipinski definition) is 0. The van der Waals surface area contributed by atoms with Gasteiger partial charge in [-0.2, -0.15) is 0 Å². The first kappa shape index (κ1) is 11.3. The molecule has 0 amide bonds. The normalized spacial score (nSPS) is 10.7. The molecule has 0 saturated heterocycles. The first-order valence-electron chi connectivity index (χ1n) is 4.02. The van der Waals surface area contributed by atoms with Crippen molar-refractivity contribution < 1.29 is 0 Å². The van der Waals surface area contributed by atoms with E-state index in [9.17, 15) is 0 Å². The Morgan fingerprint density at radius 3 is 2.60 bits per heavy atom. The van der Waals surface area contributed by atoms with Crippen LogP contribution in [0.5, 0.6) is 0 Å². The fourth-order valence-electron chi connectivity index (χ4n) is 1.06. The molecular formula is C9H5BrCl2N2S. The molecule has 2 aromatic rings. The quantitative estimate of drug-likeness (QED) is 0.718. The molecule has 0 spiro atoms. The van der Waals surface area contributed by atoms with Crippen LogP contribution in [-0.2, 0) is 0 Å². The molecule has 0 aromatic carbocycles. The highest BCUT2D eigenvalue weighted by atomic mass is 79.9. The number of thiophene rings is 1. The average molecular weight is 324 g/mol. The van der Waals surface area contributed by atoms with Crippen molar-refractivity contribution in [1.82, 2.24) is 9.97 Å². The molecule has 6 heteroatoms. The maximum atomic E-state index is 5.95. The van der Waals surface area contributed by atoms with Crippen LogP contribution in [0.4, 0.5) is 0 Å². The van der Waals surface area contributed by atoms with Crippen LogP contribution < -0.4 is 0 Å². The zero-order valence-corrected chi connectivity index (χ0v) is 11.5. The summed E-state index contributed by atoms with van der Waals surface area (Å²) < 4.78 is 0.732. The van der Waals surface area contributed by atoms with Gasteiger partial charge in [-0.3, -0.25) is 0 Å². The second-order valence-corrected chi connectivity index (χ2v) is 5.37. The van der Waals surface area contributed by atoms with E-state index in [4.69, 9.17) is 23.2 Å². The maximum Gasteiger partial charge on any atom is 0.171 e. The van der Waals surface area contributed by atoms with Gasteiger partial charge in [-0.05, 0) is 28.9 Å². The zero-order valence-electron chi connectivity index (χ0n) is 7.59. The monoisotopic (exact) mass is 322 g/mol. The Labute approximate surface area is 109 Å². The standard InChI is InChI=1S/C9H5BrCl2N2S/c1-4-7(10)8(12)14-9(13-4)6-2-5(11)3-15-6/h2-3H,1H3. The van der Waals surface area contributed by atoms with Crippen molar-refractivity contribution in [3.05, 3.63) is 31.8 Å². The molecule has 2 nitrogen and oxygen atoms in total. The predicted octanol–water partition coefficient (Wildman–Crippen LogP) is 4.58. The van der Waals surface area contributed by atoms with E-state index < -0.39 is 0 Å². The van der Waals surface area contributed by atoms with Crippen LogP contribution in [0.3, 0.4) is 0 Å². The Hall–Kier alpha value is -0.160. The molecule has 0 saturated carbocycles. The first-order valence-corrected chi connectivity index (χ1v) is 6.45. The van der Waals surface area contributed by atoms with Crippen LogP contribution in [0.25, 0.3) is 10.7 Å². The molecule has 0 radical (unpaired) electrons. The second-order valence-electron chi connectivity index (χ2n) is 2.87. The van der Waals surface area contributed by atoms with Gasteiger partial charge in [-0.15, -0.1) is 11.3 Å². The van der Waals surface area contributed by atoms with Crippen molar-refractivity contribution in [3.8, 4) is 10.7 Å². The molecule has 0 atom stereocenters. The maximum absolute atomic E-state index is 5.95. The molecule has 0 aliphatic heterocycles. The molecule has 0 bridgehead atoms. The fourth-order valence-corrected chi connectivity index (χ4v) is 2.47. The van der Waals surface area contributed by atoms with Gasteiger partial charge in [0.15, 0.2) is 5.82 Å². The minimum absolute atomic E-state index is 0.419. The number of nitrogens with zero attached hydrogens (tertiary/aromatic N) is 2. The van der Waals surface area contributed by atoms with Crippen molar-refractivity contribution in [2.75, 3.05) is 0 Å². The van der Waals surface area contributed by atoms with Gasteiger partial charge in [-0.1, -0.05) is 23.2 Å². The molecule has 0 aliphatic rings. The van der Waals surface area contributed by atoms with E-state index in [-0.39, 0.29) is 0 Å². The summed E-state index contributed by atoms with van der Waals surface area (Å²) in [6.45, 7) is 1.87. The smallest absolute Gasteiger partial charge is 0.171 e. The molecule has 15 heavy (non-hydrogen) atoms. The van der Waals surface area contributed by atoms with E-state index in [1.807, 2.05) is 18.4 Å². The van der Waals surface area contributed by atoms with Crippen LogP contribution in [0.15, 0.2) is 15.9 Å². The van der Waals surface area contributed by atoms with Gasteiger partial charge in [0.1, 0.15) is 5.15 Å². The third-order valence-electron chi connectivity index (χ3n) is 1.76. The number of aryl methyl sites for hydroxylation is 1. The van der Waals surface area contributed by atoms with E-state index >= 15 is 0 Å². The third-order valence-corrected chi connectivity index (χ3v) is 4.49. The fraction of sp³-hybridized carbons (Fsp3) is 0.111. The van der Waals surface area contributed by atoms with Crippen molar-refractivity contribution in [2.45, 2.75) is 6.92 Å². The van der Waals surface area contributed by atoms with Crippen LogP contribution in [0.2, 0.25) is 10.2 Å². The van der Waals surface area contributed by atoms with Crippen LogP contribution in [-0.4, -0.2) is 9.97 Å². The van der Waals surface area contributed by atoms with Gasteiger partial charge < -0.3 is 0 Å². The number of halogens is 3. The molecule has 0 unspecified atom stereocenters. The van der Waals surface area contributed by atoms with Gasteiger partial charge >= 0.3 is 0 Å². The second kappa shape index (κ2) is 4.37. The molecule has 2 rings (SSSR count). The minimum Gasteiger partial charge on any atom is -0.231 e. The summed E-state index contributed by atoms with van der Waals surface area (Å²) in [5.74, 6) is 0.609. The Balaban J connectivity index is 2.55. The van der Waals surface area contributed by atoms with E-state index in [0.29, 0.717) is 16.0 Å². The van der Waals surface area contributed by atoms with E-state index in [0.717, 1.165) is 15.0 Å². The Morgan fingerprint density at radius 2 is 2.07 bits per heavy atom. The van der Waals surface area contributed by atoms with Gasteiger partial charge in [0.25, 0.3) is 0 Å². The molecule has 0 N–H and O–H groups in total. The first-order chi connectivity index (χ1) is 7.08. The van der Waals surface area contributed by atoms with Crippen molar-refractivity contribution in [3.63, 3.8) is 0 Å². The molecule has 0 aliphatic carbocycles. The van der Waals surface area contributed by atoms with Crippen molar-refractivity contribution in [2.24, 2.45) is 0 Å². The van der Waals surface area contributed by atoms with Crippen LogP contribution in [0.1, 0.15) is 5.69 Å². The zero-order chi connectivity index (χ0) is 11.0. The van der Waals surface area contributed by atoms with E-state index in [1.165, 1.54) is 11.3 Å². The molecular weight excluding hydrogens is 319 g/mol. The number of aromatic nitrogens is 2. The highest BCUT2D eigenvalue weighted by Gasteiger charge is 2.10. The summed E-state index contributed by atoms with van der Waals surface area (Å²) in [6, 6.07) is 1.82. The van der Waals surface area contributed by atoms with Crippen molar-refractivity contribution >= 4 is 50.5 Å². The minimum atomic E-state index is 0.419. The summed E-state index contributed by atoms with van der Waals surface area (Å²) in [5, 5.41) is 2.95. The highest BCUT2D eigenvalue weighted by Crippen LogP contribution is 2.30. The van der Waals surface area contributed by atoms with Gasteiger partial charge in [0.2, 0.25) is 0 Å². The summed E-state index contributed by atoms with van der Waals surface area (Å²) >= 11 is 16.6. The SMILES string of the molecule is Cc1nc(-c2cc(Cl)cs2)nc(Cl)c1Br. The van der Waals surface area contributed by atoms with Crippen molar-refractivity contribution in [1.29, 1.82) is 0 Å². The van der Waals surface area contributed by atoms with Gasteiger partial charge in [0, 0.05) is 5.38 Å².